The number of piperidine rings is 1. The first-order chi connectivity index (χ1) is 8.77. The number of carbonyl (C=O) groups is 1. The Balaban J connectivity index is 2.15. The van der Waals surface area contributed by atoms with Gasteiger partial charge in [0.25, 0.3) is 5.91 Å². The summed E-state index contributed by atoms with van der Waals surface area (Å²) in [5.41, 5.74) is 0. The fourth-order valence-corrected chi connectivity index (χ4v) is 3.78. The van der Waals surface area contributed by atoms with Gasteiger partial charge in [0, 0.05) is 17.9 Å². The van der Waals surface area contributed by atoms with Gasteiger partial charge in [-0.2, -0.15) is 0 Å². The fraction of sp³-hybridized carbons (Fsp3) is 0.615. The van der Waals surface area contributed by atoms with Crippen LogP contribution in [0.2, 0.25) is 0 Å². The van der Waals surface area contributed by atoms with Crippen molar-refractivity contribution in [1.29, 1.82) is 0 Å². The van der Waals surface area contributed by atoms with Crippen LogP contribution < -0.4 is 4.74 Å². The Labute approximate surface area is 120 Å². The van der Waals surface area contributed by atoms with E-state index in [4.69, 9.17) is 4.74 Å². The van der Waals surface area contributed by atoms with Crippen molar-refractivity contribution in [3.05, 3.63) is 16.3 Å². The van der Waals surface area contributed by atoms with Crippen molar-refractivity contribution >= 4 is 33.2 Å². The minimum absolute atomic E-state index is 0.132. The minimum Gasteiger partial charge on any atom is -0.495 e. The topological polar surface area (TPSA) is 29.5 Å². The highest BCUT2D eigenvalue weighted by Gasteiger charge is 2.29. The van der Waals surface area contributed by atoms with E-state index in [1.165, 1.54) is 17.8 Å². The number of likely N-dealkylation sites (tertiary alicyclic amines) is 1. The molecule has 1 atom stereocenters. The lowest BCUT2D eigenvalue weighted by Crippen LogP contribution is -2.43. The van der Waals surface area contributed by atoms with Gasteiger partial charge in [0.1, 0.15) is 10.6 Å². The highest BCUT2D eigenvalue weighted by Crippen LogP contribution is 2.29. The van der Waals surface area contributed by atoms with Gasteiger partial charge in [0.15, 0.2) is 0 Å². The van der Waals surface area contributed by atoms with Crippen LogP contribution in [0.15, 0.2) is 11.4 Å². The van der Waals surface area contributed by atoms with E-state index in [-0.39, 0.29) is 5.91 Å². The predicted molar refractivity (Wildman–Crippen MR) is 78.0 cm³/mol. The lowest BCUT2D eigenvalue weighted by atomic mass is 10.00. The fourth-order valence-electron chi connectivity index (χ4n) is 2.44. The number of ether oxygens (including phenoxy) is 1. The van der Waals surface area contributed by atoms with E-state index >= 15 is 0 Å². The number of halogens is 1. The van der Waals surface area contributed by atoms with Gasteiger partial charge in [0.05, 0.1) is 7.11 Å². The standard InChI is InChI=1S/C13H18BrNO2S/c1-17-11-6-9-18-12(11)13(16)15-8-3-2-4-10(15)5-7-14/h6,9-10H,2-5,7-8H2,1H3. The van der Waals surface area contributed by atoms with Gasteiger partial charge in [-0.1, -0.05) is 15.9 Å². The van der Waals surface area contributed by atoms with Crippen LogP contribution in [0.4, 0.5) is 0 Å². The van der Waals surface area contributed by atoms with Crippen molar-refractivity contribution in [2.45, 2.75) is 31.7 Å². The van der Waals surface area contributed by atoms with Gasteiger partial charge < -0.3 is 9.64 Å². The first-order valence-electron chi connectivity index (χ1n) is 6.26. The molecule has 0 N–H and O–H groups in total. The molecule has 0 bridgehead atoms. The normalized spacial score (nSPS) is 19.9. The van der Waals surface area contributed by atoms with Crippen molar-refractivity contribution < 1.29 is 9.53 Å². The predicted octanol–water partition coefficient (Wildman–Crippen LogP) is 3.54. The maximum absolute atomic E-state index is 12.6. The highest BCUT2D eigenvalue weighted by molar-refractivity contribution is 9.09. The number of hydrogen-bond acceptors (Lipinski definition) is 3. The molecule has 0 aliphatic carbocycles. The van der Waals surface area contributed by atoms with Crippen molar-refractivity contribution in [2.75, 3.05) is 19.0 Å². The average Bonchev–Trinajstić information content (AvgIpc) is 2.87. The van der Waals surface area contributed by atoms with E-state index < -0.39 is 0 Å². The molecule has 100 valence electrons. The monoisotopic (exact) mass is 331 g/mol. The van der Waals surface area contributed by atoms with Crippen LogP contribution in [0.25, 0.3) is 0 Å². The van der Waals surface area contributed by atoms with Crippen LogP contribution in [-0.2, 0) is 0 Å². The third-order valence-electron chi connectivity index (χ3n) is 3.37. The summed E-state index contributed by atoms with van der Waals surface area (Å²) in [4.78, 5) is 15.3. The first kappa shape index (κ1) is 13.9. The number of thiophene rings is 1. The third kappa shape index (κ3) is 2.88. The molecule has 1 saturated heterocycles. The molecule has 1 fully saturated rings. The summed E-state index contributed by atoms with van der Waals surface area (Å²) in [5.74, 6) is 0.834. The van der Waals surface area contributed by atoms with Gasteiger partial charge in [-0.25, -0.2) is 0 Å². The maximum atomic E-state index is 12.6. The van der Waals surface area contributed by atoms with Gasteiger partial charge in [-0.3, -0.25) is 4.79 Å². The molecule has 18 heavy (non-hydrogen) atoms. The molecule has 2 rings (SSSR count). The molecule has 1 amide bonds. The number of carbonyl (C=O) groups excluding carboxylic acids is 1. The van der Waals surface area contributed by atoms with Crippen molar-refractivity contribution in [3.8, 4) is 5.75 Å². The SMILES string of the molecule is COc1ccsc1C(=O)N1CCCCC1CCBr. The van der Waals surface area contributed by atoms with Gasteiger partial charge in [-0.05, 0) is 37.1 Å². The molecule has 1 aromatic rings. The molecule has 0 spiro atoms. The Morgan fingerprint density at radius 3 is 3.17 bits per heavy atom. The second kappa shape index (κ2) is 6.57. The zero-order valence-corrected chi connectivity index (χ0v) is 12.9. The summed E-state index contributed by atoms with van der Waals surface area (Å²) in [6.07, 6.45) is 4.48. The van der Waals surface area contributed by atoms with Crippen molar-refractivity contribution in [2.24, 2.45) is 0 Å². The molecule has 0 aromatic carbocycles. The molecular formula is C13H18BrNO2S. The van der Waals surface area contributed by atoms with Crippen molar-refractivity contribution in [1.82, 2.24) is 4.90 Å². The molecule has 1 unspecified atom stereocenters. The summed E-state index contributed by atoms with van der Waals surface area (Å²) < 4.78 is 5.25. The molecule has 3 nitrogen and oxygen atoms in total. The van der Waals surface area contributed by atoms with E-state index in [1.807, 2.05) is 16.3 Å². The van der Waals surface area contributed by atoms with Gasteiger partial charge in [-0.15, -0.1) is 11.3 Å². The number of rotatable bonds is 4. The van der Waals surface area contributed by atoms with Crippen LogP contribution in [0.1, 0.15) is 35.4 Å². The van der Waals surface area contributed by atoms with E-state index in [1.54, 1.807) is 7.11 Å². The van der Waals surface area contributed by atoms with Crippen LogP contribution in [0.5, 0.6) is 5.75 Å². The second-order valence-electron chi connectivity index (χ2n) is 4.44. The number of amides is 1. The average molecular weight is 332 g/mol. The quantitative estimate of drug-likeness (QED) is 0.790. The third-order valence-corrected chi connectivity index (χ3v) is 4.72. The Bertz CT molecular complexity index is 405. The molecule has 0 saturated carbocycles. The van der Waals surface area contributed by atoms with E-state index in [0.717, 1.165) is 36.0 Å². The summed E-state index contributed by atoms with van der Waals surface area (Å²) in [5, 5.41) is 2.86. The number of nitrogens with zero attached hydrogens (tertiary/aromatic N) is 1. The Morgan fingerprint density at radius 2 is 2.44 bits per heavy atom. The summed E-state index contributed by atoms with van der Waals surface area (Å²) in [6.45, 7) is 0.873. The van der Waals surface area contributed by atoms with Crippen LogP contribution >= 0.6 is 27.3 Å². The molecule has 1 aliphatic heterocycles. The Hall–Kier alpha value is -0.550. The molecular weight excluding hydrogens is 314 g/mol. The lowest BCUT2D eigenvalue weighted by molar-refractivity contribution is 0.0612. The zero-order valence-electron chi connectivity index (χ0n) is 10.5. The number of methoxy groups -OCH3 is 1. The van der Waals surface area contributed by atoms with E-state index in [2.05, 4.69) is 15.9 Å². The molecule has 5 heteroatoms. The Kier molecular flexibility index (Phi) is 5.06. The molecule has 1 aliphatic rings. The number of alkyl halides is 1. The summed E-state index contributed by atoms with van der Waals surface area (Å²) in [7, 11) is 1.62. The maximum Gasteiger partial charge on any atom is 0.267 e. The van der Waals surface area contributed by atoms with Gasteiger partial charge in [0.2, 0.25) is 0 Å². The highest BCUT2D eigenvalue weighted by atomic mass is 79.9. The lowest BCUT2D eigenvalue weighted by Gasteiger charge is -2.35. The van der Waals surface area contributed by atoms with E-state index in [9.17, 15) is 4.79 Å². The first-order valence-corrected chi connectivity index (χ1v) is 8.26. The summed E-state index contributed by atoms with van der Waals surface area (Å²) in [6, 6.07) is 2.24. The minimum atomic E-state index is 0.132. The van der Waals surface area contributed by atoms with Crippen LogP contribution in [0, 0.1) is 0 Å². The Morgan fingerprint density at radius 1 is 1.61 bits per heavy atom. The van der Waals surface area contributed by atoms with Crippen molar-refractivity contribution in [3.63, 3.8) is 0 Å². The van der Waals surface area contributed by atoms with Gasteiger partial charge >= 0.3 is 0 Å². The van der Waals surface area contributed by atoms with Crippen LogP contribution in [-0.4, -0.2) is 35.8 Å². The van der Waals surface area contributed by atoms with Crippen LogP contribution in [0.3, 0.4) is 0 Å². The second-order valence-corrected chi connectivity index (χ2v) is 6.15. The largest absolute Gasteiger partial charge is 0.495 e. The summed E-state index contributed by atoms with van der Waals surface area (Å²) >= 11 is 4.95. The zero-order chi connectivity index (χ0) is 13.0. The smallest absolute Gasteiger partial charge is 0.267 e. The molecule has 0 radical (unpaired) electrons. The van der Waals surface area contributed by atoms with E-state index in [0.29, 0.717) is 11.8 Å². The number of hydrogen-bond donors (Lipinski definition) is 0. The molecule has 1 aromatic heterocycles. The molecule has 2 heterocycles.